The number of hydrogen-bond acceptors (Lipinski definition) is 2. The molecule has 1 unspecified atom stereocenters. The number of halogens is 4. The summed E-state index contributed by atoms with van der Waals surface area (Å²) >= 11 is 24.2. The Morgan fingerprint density at radius 2 is 1.67 bits per heavy atom. The van der Waals surface area contributed by atoms with Gasteiger partial charge < -0.3 is 10.2 Å². The van der Waals surface area contributed by atoms with E-state index in [0.717, 1.165) is 38.2 Å². The van der Waals surface area contributed by atoms with Crippen LogP contribution in [0.1, 0.15) is 31.9 Å². The maximum Gasteiger partial charge on any atom is 0.209 e. The molecule has 2 nitrogen and oxygen atoms in total. The Kier molecular flexibility index (Phi) is 8.70. The quantitative estimate of drug-likeness (QED) is 0.506. The van der Waals surface area contributed by atoms with Gasteiger partial charge in [-0.3, -0.25) is 0 Å². The highest BCUT2D eigenvalue weighted by molar-refractivity contribution is 6.68. The van der Waals surface area contributed by atoms with Crippen LogP contribution in [0.2, 0.25) is 5.02 Å². The summed E-state index contributed by atoms with van der Waals surface area (Å²) in [6.07, 6.45) is 1.01. The van der Waals surface area contributed by atoms with Crippen molar-refractivity contribution in [1.82, 2.24) is 10.2 Å². The summed E-state index contributed by atoms with van der Waals surface area (Å²) in [5.41, 5.74) is 0.919. The van der Waals surface area contributed by atoms with Crippen molar-refractivity contribution in [3.63, 3.8) is 0 Å². The molecule has 0 fully saturated rings. The van der Waals surface area contributed by atoms with Gasteiger partial charge in [0.1, 0.15) is 0 Å². The summed E-state index contributed by atoms with van der Waals surface area (Å²) in [6.45, 7) is 8.26. The van der Waals surface area contributed by atoms with E-state index < -0.39 is 3.79 Å². The van der Waals surface area contributed by atoms with Crippen molar-refractivity contribution < 1.29 is 0 Å². The SMILES string of the molecule is CCN(CC)CCCNC(c1ccc(Cl)cc1)C(Cl)(Cl)Cl. The van der Waals surface area contributed by atoms with Gasteiger partial charge in [0.05, 0.1) is 6.04 Å². The molecule has 0 amide bonds. The van der Waals surface area contributed by atoms with E-state index in [1.807, 2.05) is 12.1 Å². The highest BCUT2D eigenvalue weighted by Gasteiger charge is 2.33. The number of nitrogens with one attached hydrogen (secondary N) is 1. The Balaban J connectivity index is 2.58. The molecule has 0 aliphatic carbocycles. The molecule has 0 aliphatic heterocycles. The fourth-order valence-electron chi connectivity index (χ4n) is 2.17. The molecule has 0 aliphatic rings. The summed E-state index contributed by atoms with van der Waals surface area (Å²) in [6, 6.07) is 7.02. The lowest BCUT2D eigenvalue weighted by atomic mass is 10.1. The maximum atomic E-state index is 6.09. The molecule has 1 atom stereocenters. The molecule has 6 heteroatoms. The molecule has 1 aromatic rings. The van der Waals surface area contributed by atoms with Gasteiger partial charge in [0.15, 0.2) is 0 Å². The molecular formula is C15H22Cl4N2. The van der Waals surface area contributed by atoms with Crippen LogP contribution in [-0.4, -0.2) is 34.9 Å². The van der Waals surface area contributed by atoms with Crippen LogP contribution in [0.4, 0.5) is 0 Å². The first-order valence-electron chi connectivity index (χ1n) is 7.16. The van der Waals surface area contributed by atoms with Crippen molar-refractivity contribution in [2.75, 3.05) is 26.2 Å². The lowest BCUT2D eigenvalue weighted by Gasteiger charge is -2.27. The Morgan fingerprint density at radius 3 is 2.14 bits per heavy atom. The number of benzene rings is 1. The lowest BCUT2D eigenvalue weighted by molar-refractivity contribution is 0.295. The van der Waals surface area contributed by atoms with E-state index in [4.69, 9.17) is 46.4 Å². The summed E-state index contributed by atoms with van der Waals surface area (Å²) in [5.74, 6) is 0. The molecule has 0 radical (unpaired) electrons. The Morgan fingerprint density at radius 1 is 1.10 bits per heavy atom. The number of rotatable bonds is 8. The largest absolute Gasteiger partial charge is 0.306 e. The van der Waals surface area contributed by atoms with Gasteiger partial charge in [-0.2, -0.15) is 0 Å². The van der Waals surface area contributed by atoms with E-state index in [1.165, 1.54) is 0 Å². The minimum absolute atomic E-state index is 0.350. The summed E-state index contributed by atoms with van der Waals surface area (Å²) in [5, 5.41) is 4.00. The molecule has 0 spiro atoms. The van der Waals surface area contributed by atoms with Gasteiger partial charge in [-0.05, 0) is 50.3 Å². The van der Waals surface area contributed by atoms with Crippen LogP contribution in [0.5, 0.6) is 0 Å². The first-order valence-corrected chi connectivity index (χ1v) is 8.67. The van der Waals surface area contributed by atoms with Crippen LogP contribution in [-0.2, 0) is 0 Å². The summed E-state index contributed by atoms with van der Waals surface area (Å²) in [4.78, 5) is 2.37. The van der Waals surface area contributed by atoms with Crippen LogP contribution < -0.4 is 5.32 Å². The lowest BCUT2D eigenvalue weighted by Crippen LogP contribution is -2.34. The Bertz CT molecular complexity index is 399. The second-order valence-corrected chi connectivity index (χ2v) is 7.67. The predicted molar refractivity (Wildman–Crippen MR) is 94.9 cm³/mol. The Labute approximate surface area is 147 Å². The number of nitrogens with zero attached hydrogens (tertiary/aromatic N) is 1. The molecule has 0 aromatic heterocycles. The predicted octanol–water partition coefficient (Wildman–Crippen LogP) is 5.07. The third-order valence-corrected chi connectivity index (χ3v) is 4.33. The van der Waals surface area contributed by atoms with Gasteiger partial charge in [-0.1, -0.05) is 72.4 Å². The van der Waals surface area contributed by atoms with Crippen molar-refractivity contribution in [1.29, 1.82) is 0 Å². The first-order chi connectivity index (χ1) is 9.88. The van der Waals surface area contributed by atoms with E-state index in [1.54, 1.807) is 12.1 Å². The summed E-state index contributed by atoms with van der Waals surface area (Å²) in [7, 11) is 0. The maximum absolute atomic E-state index is 6.09. The third kappa shape index (κ3) is 6.94. The highest BCUT2D eigenvalue weighted by atomic mass is 35.6. The van der Waals surface area contributed by atoms with E-state index in [9.17, 15) is 0 Å². The van der Waals surface area contributed by atoms with Gasteiger partial charge in [0, 0.05) is 5.02 Å². The average Bonchev–Trinajstić information content (AvgIpc) is 2.43. The summed E-state index contributed by atoms with van der Waals surface area (Å²) < 4.78 is -1.40. The van der Waals surface area contributed by atoms with Crippen molar-refractivity contribution in [2.45, 2.75) is 30.1 Å². The fourth-order valence-corrected chi connectivity index (χ4v) is 2.90. The van der Waals surface area contributed by atoms with E-state index >= 15 is 0 Å². The third-order valence-electron chi connectivity index (χ3n) is 3.42. The molecule has 1 rings (SSSR count). The smallest absolute Gasteiger partial charge is 0.209 e. The molecule has 0 bridgehead atoms. The zero-order valence-electron chi connectivity index (χ0n) is 12.4. The standard InChI is InChI=1S/C15H22Cl4N2/c1-3-21(4-2)11-5-10-20-14(15(17,18)19)12-6-8-13(16)9-7-12/h6-9,14,20H,3-5,10-11H2,1-2H3. The zero-order chi connectivity index (χ0) is 15.9. The van der Waals surface area contributed by atoms with Crippen molar-refractivity contribution in [2.24, 2.45) is 0 Å². The molecule has 1 N–H and O–H groups in total. The Hall–Kier alpha value is 0.300. The molecule has 21 heavy (non-hydrogen) atoms. The van der Waals surface area contributed by atoms with Crippen LogP contribution in [0.3, 0.4) is 0 Å². The highest BCUT2D eigenvalue weighted by Crippen LogP contribution is 2.39. The molecular weight excluding hydrogens is 350 g/mol. The van der Waals surface area contributed by atoms with Crippen LogP contribution in [0.25, 0.3) is 0 Å². The molecule has 0 saturated carbocycles. The van der Waals surface area contributed by atoms with Gasteiger partial charge in [-0.25, -0.2) is 0 Å². The number of hydrogen-bond donors (Lipinski definition) is 1. The average molecular weight is 372 g/mol. The molecule has 120 valence electrons. The van der Waals surface area contributed by atoms with Gasteiger partial charge in [0.2, 0.25) is 3.79 Å². The molecule has 1 aromatic carbocycles. The van der Waals surface area contributed by atoms with Gasteiger partial charge in [0.25, 0.3) is 0 Å². The normalized spacial score (nSPS) is 13.7. The van der Waals surface area contributed by atoms with Crippen LogP contribution in [0, 0.1) is 0 Å². The second-order valence-electron chi connectivity index (χ2n) is 4.86. The minimum atomic E-state index is -1.40. The van der Waals surface area contributed by atoms with Gasteiger partial charge in [-0.15, -0.1) is 0 Å². The molecule has 0 saturated heterocycles. The monoisotopic (exact) mass is 370 g/mol. The van der Waals surface area contributed by atoms with Crippen LogP contribution in [0.15, 0.2) is 24.3 Å². The zero-order valence-corrected chi connectivity index (χ0v) is 15.4. The topological polar surface area (TPSA) is 15.3 Å². The molecule has 0 heterocycles. The fraction of sp³-hybridized carbons (Fsp3) is 0.600. The second kappa shape index (κ2) is 9.44. The van der Waals surface area contributed by atoms with E-state index in [2.05, 4.69) is 24.1 Å². The van der Waals surface area contributed by atoms with Crippen molar-refractivity contribution in [3.05, 3.63) is 34.9 Å². The van der Waals surface area contributed by atoms with Crippen molar-refractivity contribution >= 4 is 46.4 Å². The van der Waals surface area contributed by atoms with Gasteiger partial charge >= 0.3 is 0 Å². The van der Waals surface area contributed by atoms with Crippen molar-refractivity contribution in [3.8, 4) is 0 Å². The van der Waals surface area contributed by atoms with E-state index in [0.29, 0.717) is 5.02 Å². The first kappa shape index (κ1) is 19.3. The van der Waals surface area contributed by atoms with E-state index in [-0.39, 0.29) is 6.04 Å². The number of alkyl halides is 3. The minimum Gasteiger partial charge on any atom is -0.306 e. The van der Waals surface area contributed by atoms with Crippen LogP contribution >= 0.6 is 46.4 Å².